The first-order valence-electron chi connectivity index (χ1n) is 9.68. The largest absolute Gasteiger partial charge is 0.495 e. The van der Waals surface area contributed by atoms with Gasteiger partial charge >= 0.3 is 5.97 Å². The second kappa shape index (κ2) is 12.6. The molecule has 2 rings (SSSR count). The van der Waals surface area contributed by atoms with E-state index in [0.717, 1.165) is 0 Å². The number of carbonyl (C=O) groups excluding carboxylic acids is 3. The van der Waals surface area contributed by atoms with E-state index in [9.17, 15) is 14.4 Å². The van der Waals surface area contributed by atoms with Crippen molar-refractivity contribution < 1.29 is 33.3 Å². The van der Waals surface area contributed by atoms with E-state index in [1.54, 1.807) is 49.4 Å². The van der Waals surface area contributed by atoms with Crippen LogP contribution in [0, 0.1) is 0 Å². The predicted molar refractivity (Wildman–Crippen MR) is 117 cm³/mol. The van der Waals surface area contributed by atoms with Crippen molar-refractivity contribution in [1.82, 2.24) is 5.43 Å². The van der Waals surface area contributed by atoms with E-state index in [2.05, 4.69) is 20.6 Å². The van der Waals surface area contributed by atoms with E-state index < -0.39 is 24.2 Å². The first-order valence-corrected chi connectivity index (χ1v) is 9.68. The molecular formula is C22H25N3O7. The van der Waals surface area contributed by atoms with Gasteiger partial charge in [0, 0.05) is 0 Å². The van der Waals surface area contributed by atoms with Gasteiger partial charge in [0.2, 0.25) is 11.8 Å². The molecule has 0 aliphatic carbocycles. The Labute approximate surface area is 185 Å². The van der Waals surface area contributed by atoms with Crippen LogP contribution in [0.25, 0.3) is 0 Å². The zero-order chi connectivity index (χ0) is 23.3. The number of methoxy groups -OCH3 is 2. The Morgan fingerprint density at radius 3 is 2.47 bits per heavy atom. The van der Waals surface area contributed by atoms with E-state index in [1.807, 2.05) is 0 Å². The number of rotatable bonds is 11. The Morgan fingerprint density at radius 2 is 1.75 bits per heavy atom. The third-order valence-corrected chi connectivity index (χ3v) is 3.95. The molecule has 0 aliphatic rings. The van der Waals surface area contributed by atoms with Crippen molar-refractivity contribution in [2.24, 2.45) is 5.10 Å². The zero-order valence-corrected chi connectivity index (χ0v) is 18.0. The number of amides is 2. The SMILES string of the molecule is CCOc1cc(C=NNC(=O)CC(=O)Nc2ccccc2OC)ccc1OCC(=O)OC. The molecule has 0 saturated carbocycles. The summed E-state index contributed by atoms with van der Waals surface area (Å²) >= 11 is 0. The fourth-order valence-corrected chi connectivity index (χ4v) is 2.49. The fourth-order valence-electron chi connectivity index (χ4n) is 2.49. The molecular weight excluding hydrogens is 418 g/mol. The molecule has 2 amide bonds. The predicted octanol–water partition coefficient (Wildman–Crippen LogP) is 2.12. The minimum atomic E-state index is -0.586. The summed E-state index contributed by atoms with van der Waals surface area (Å²) in [7, 11) is 2.76. The summed E-state index contributed by atoms with van der Waals surface area (Å²) < 4.78 is 20.6. The lowest BCUT2D eigenvalue weighted by Gasteiger charge is -2.11. The van der Waals surface area contributed by atoms with Gasteiger partial charge in [-0.3, -0.25) is 9.59 Å². The third kappa shape index (κ3) is 7.63. The zero-order valence-electron chi connectivity index (χ0n) is 18.0. The second-order valence-corrected chi connectivity index (χ2v) is 6.22. The van der Waals surface area contributed by atoms with Gasteiger partial charge in [-0.2, -0.15) is 5.10 Å². The summed E-state index contributed by atoms with van der Waals surface area (Å²) in [6.07, 6.45) is 0.975. The van der Waals surface area contributed by atoms with Crippen molar-refractivity contribution in [1.29, 1.82) is 0 Å². The molecule has 0 bridgehead atoms. The van der Waals surface area contributed by atoms with Gasteiger partial charge in [-0.1, -0.05) is 12.1 Å². The number of nitrogens with zero attached hydrogens (tertiary/aromatic N) is 1. The summed E-state index contributed by atoms with van der Waals surface area (Å²) in [6.45, 7) is 1.94. The van der Waals surface area contributed by atoms with Crippen LogP contribution in [-0.4, -0.2) is 51.4 Å². The molecule has 0 saturated heterocycles. The topological polar surface area (TPSA) is 125 Å². The molecule has 2 aromatic carbocycles. The maximum atomic E-state index is 12.1. The molecule has 10 nitrogen and oxygen atoms in total. The van der Waals surface area contributed by atoms with E-state index in [0.29, 0.717) is 35.1 Å². The Kier molecular flexibility index (Phi) is 9.51. The van der Waals surface area contributed by atoms with Gasteiger partial charge in [-0.15, -0.1) is 0 Å². The van der Waals surface area contributed by atoms with Gasteiger partial charge in [0.05, 0.1) is 32.7 Å². The Morgan fingerprint density at radius 1 is 0.969 bits per heavy atom. The molecule has 0 aliphatic heterocycles. The number of para-hydroxylation sites is 2. The average Bonchev–Trinajstić information content (AvgIpc) is 2.78. The Hall–Kier alpha value is -4.08. The standard InChI is InChI=1S/C22H25N3O7/c1-4-31-19-11-15(9-10-18(19)32-14-22(28)30-3)13-23-25-21(27)12-20(26)24-16-7-5-6-8-17(16)29-2/h5-11,13H,4,12,14H2,1-3H3,(H,24,26)(H,25,27). The highest BCUT2D eigenvalue weighted by Gasteiger charge is 2.12. The summed E-state index contributed by atoms with van der Waals surface area (Å²) in [6, 6.07) is 11.8. The third-order valence-electron chi connectivity index (χ3n) is 3.95. The Balaban J connectivity index is 1.91. The highest BCUT2D eigenvalue weighted by molar-refractivity contribution is 6.04. The number of nitrogens with one attached hydrogen (secondary N) is 2. The maximum absolute atomic E-state index is 12.1. The van der Waals surface area contributed by atoms with Crippen LogP contribution in [0.1, 0.15) is 18.9 Å². The van der Waals surface area contributed by atoms with Crippen molar-refractivity contribution in [3.8, 4) is 17.2 Å². The molecule has 0 spiro atoms. The summed E-state index contributed by atoms with van der Waals surface area (Å²) in [5.41, 5.74) is 3.37. The number of benzene rings is 2. The van der Waals surface area contributed by atoms with Gasteiger partial charge in [0.15, 0.2) is 18.1 Å². The second-order valence-electron chi connectivity index (χ2n) is 6.22. The van der Waals surface area contributed by atoms with Crippen molar-refractivity contribution in [2.75, 3.05) is 32.8 Å². The van der Waals surface area contributed by atoms with Crippen LogP contribution in [-0.2, 0) is 19.1 Å². The molecule has 0 atom stereocenters. The number of hydrogen-bond acceptors (Lipinski definition) is 8. The molecule has 0 aromatic heterocycles. The number of hydrazone groups is 1. The highest BCUT2D eigenvalue weighted by Crippen LogP contribution is 2.28. The van der Waals surface area contributed by atoms with Gasteiger partial charge < -0.3 is 24.3 Å². The summed E-state index contributed by atoms with van der Waals surface area (Å²) in [5.74, 6) is -0.349. The molecule has 0 radical (unpaired) electrons. The first-order chi connectivity index (χ1) is 15.5. The molecule has 0 fully saturated rings. The molecule has 2 N–H and O–H groups in total. The molecule has 170 valence electrons. The molecule has 32 heavy (non-hydrogen) atoms. The van der Waals surface area contributed by atoms with E-state index in [-0.39, 0.29) is 6.61 Å². The molecule has 0 heterocycles. The quantitative estimate of drug-likeness (QED) is 0.236. The Bertz CT molecular complexity index is 976. The monoisotopic (exact) mass is 443 g/mol. The normalized spacial score (nSPS) is 10.3. The van der Waals surface area contributed by atoms with E-state index >= 15 is 0 Å². The number of carbonyl (C=O) groups is 3. The summed E-state index contributed by atoms with van der Waals surface area (Å²) in [4.78, 5) is 35.3. The molecule has 10 heteroatoms. The lowest BCUT2D eigenvalue weighted by molar-refractivity contribution is -0.143. The molecule has 2 aromatic rings. The van der Waals surface area contributed by atoms with Crippen molar-refractivity contribution in [2.45, 2.75) is 13.3 Å². The van der Waals surface area contributed by atoms with Gasteiger partial charge in [-0.25, -0.2) is 10.2 Å². The van der Waals surface area contributed by atoms with E-state index in [4.69, 9.17) is 14.2 Å². The minimum absolute atomic E-state index is 0.253. The van der Waals surface area contributed by atoms with Crippen LogP contribution in [0.4, 0.5) is 5.69 Å². The smallest absolute Gasteiger partial charge is 0.343 e. The lowest BCUT2D eigenvalue weighted by Crippen LogP contribution is -2.24. The number of esters is 1. The highest BCUT2D eigenvalue weighted by atomic mass is 16.6. The fraction of sp³-hybridized carbons (Fsp3) is 0.273. The van der Waals surface area contributed by atoms with Gasteiger partial charge in [0.1, 0.15) is 12.2 Å². The van der Waals surface area contributed by atoms with Crippen LogP contribution < -0.4 is 25.0 Å². The lowest BCUT2D eigenvalue weighted by atomic mass is 10.2. The van der Waals surface area contributed by atoms with Gasteiger partial charge in [-0.05, 0) is 42.8 Å². The van der Waals surface area contributed by atoms with Crippen molar-refractivity contribution in [3.05, 3.63) is 48.0 Å². The number of anilines is 1. The van der Waals surface area contributed by atoms with Crippen molar-refractivity contribution >= 4 is 29.7 Å². The average molecular weight is 443 g/mol. The van der Waals surface area contributed by atoms with Crippen LogP contribution in [0.15, 0.2) is 47.6 Å². The maximum Gasteiger partial charge on any atom is 0.343 e. The van der Waals surface area contributed by atoms with Crippen LogP contribution >= 0.6 is 0 Å². The summed E-state index contributed by atoms with van der Waals surface area (Å²) in [5, 5.41) is 6.47. The van der Waals surface area contributed by atoms with Crippen molar-refractivity contribution in [3.63, 3.8) is 0 Å². The number of hydrogen-bond donors (Lipinski definition) is 2. The first kappa shape index (κ1) is 24.2. The van der Waals surface area contributed by atoms with Crippen LogP contribution in [0.2, 0.25) is 0 Å². The van der Waals surface area contributed by atoms with Gasteiger partial charge in [0.25, 0.3) is 0 Å². The molecule has 0 unspecified atom stereocenters. The minimum Gasteiger partial charge on any atom is -0.495 e. The van der Waals surface area contributed by atoms with Crippen LogP contribution in [0.5, 0.6) is 17.2 Å². The number of ether oxygens (including phenoxy) is 4. The van der Waals surface area contributed by atoms with Crippen LogP contribution in [0.3, 0.4) is 0 Å². The van der Waals surface area contributed by atoms with E-state index in [1.165, 1.54) is 20.4 Å².